The van der Waals surface area contributed by atoms with Crippen LogP contribution in [-0.2, 0) is 16.1 Å². The van der Waals surface area contributed by atoms with Gasteiger partial charge < -0.3 is 14.5 Å². The molecule has 158 valence electrons. The van der Waals surface area contributed by atoms with Crippen molar-refractivity contribution in [3.05, 3.63) is 66.2 Å². The quantitative estimate of drug-likeness (QED) is 0.757. The van der Waals surface area contributed by atoms with Crippen LogP contribution in [0.3, 0.4) is 0 Å². The Kier molecular flexibility index (Phi) is 6.36. The lowest BCUT2D eigenvalue weighted by molar-refractivity contribution is -0.136. The Morgan fingerprint density at radius 1 is 0.867 bits per heavy atom. The number of nitrogens with zero attached hydrogens (tertiary/aromatic N) is 2. The molecule has 0 unspecified atom stereocenters. The van der Waals surface area contributed by atoms with Crippen LogP contribution in [0.15, 0.2) is 60.7 Å². The molecule has 30 heavy (non-hydrogen) atoms. The molecular formula is C25H30N2O3. The first-order valence-corrected chi connectivity index (χ1v) is 10.9. The number of hydrogen-bond donors (Lipinski definition) is 0. The second-order valence-electron chi connectivity index (χ2n) is 8.53. The van der Waals surface area contributed by atoms with Gasteiger partial charge >= 0.3 is 0 Å². The number of amides is 2. The van der Waals surface area contributed by atoms with Crippen LogP contribution in [0.2, 0.25) is 0 Å². The minimum absolute atomic E-state index is 0.0455. The standard InChI is InChI=1S/C25H30N2O3/c28-23-11-12-25(15-18-27(23)19-21-7-3-1-4-8-21)13-16-26(17-14-25)24(29)20-30-22-9-5-2-6-10-22/h1-10H,11-20H2. The van der Waals surface area contributed by atoms with Crippen LogP contribution in [0.5, 0.6) is 5.75 Å². The van der Waals surface area contributed by atoms with Crippen molar-refractivity contribution in [2.75, 3.05) is 26.2 Å². The topological polar surface area (TPSA) is 49.9 Å². The lowest BCUT2D eigenvalue weighted by Gasteiger charge is -2.41. The Labute approximate surface area is 178 Å². The van der Waals surface area contributed by atoms with Gasteiger partial charge in [-0.2, -0.15) is 0 Å². The predicted molar refractivity (Wildman–Crippen MR) is 116 cm³/mol. The minimum atomic E-state index is 0.0455. The molecule has 2 aromatic rings. The van der Waals surface area contributed by atoms with Gasteiger partial charge in [-0.3, -0.25) is 9.59 Å². The van der Waals surface area contributed by atoms with E-state index in [2.05, 4.69) is 12.1 Å². The molecule has 0 radical (unpaired) electrons. The van der Waals surface area contributed by atoms with E-state index in [4.69, 9.17) is 4.74 Å². The molecule has 0 aromatic heterocycles. The summed E-state index contributed by atoms with van der Waals surface area (Å²) in [5.74, 6) is 1.02. The molecule has 5 heteroatoms. The second-order valence-corrected chi connectivity index (χ2v) is 8.53. The first-order chi connectivity index (χ1) is 14.6. The van der Waals surface area contributed by atoms with Gasteiger partial charge in [0.05, 0.1) is 0 Å². The molecule has 2 saturated heterocycles. The highest BCUT2D eigenvalue weighted by Gasteiger charge is 2.38. The average Bonchev–Trinajstić information content (AvgIpc) is 2.94. The fourth-order valence-electron chi connectivity index (χ4n) is 4.61. The van der Waals surface area contributed by atoms with Crippen LogP contribution < -0.4 is 4.74 Å². The van der Waals surface area contributed by atoms with Gasteiger partial charge in [-0.15, -0.1) is 0 Å². The summed E-state index contributed by atoms with van der Waals surface area (Å²) >= 11 is 0. The van der Waals surface area contributed by atoms with Crippen LogP contribution in [-0.4, -0.2) is 47.9 Å². The molecule has 2 aromatic carbocycles. The molecule has 0 aliphatic carbocycles. The van der Waals surface area contributed by atoms with E-state index in [1.54, 1.807) is 0 Å². The summed E-state index contributed by atoms with van der Waals surface area (Å²) in [4.78, 5) is 29.2. The maximum absolute atomic E-state index is 12.7. The van der Waals surface area contributed by atoms with Crippen molar-refractivity contribution in [3.63, 3.8) is 0 Å². The van der Waals surface area contributed by atoms with E-state index in [1.807, 2.05) is 58.3 Å². The van der Waals surface area contributed by atoms with Gasteiger partial charge in [0.1, 0.15) is 5.75 Å². The molecule has 2 amide bonds. The van der Waals surface area contributed by atoms with Crippen molar-refractivity contribution in [2.45, 2.75) is 38.6 Å². The summed E-state index contributed by atoms with van der Waals surface area (Å²) in [7, 11) is 0. The van der Waals surface area contributed by atoms with Crippen molar-refractivity contribution >= 4 is 11.8 Å². The number of rotatable bonds is 5. The first kappa shape index (κ1) is 20.5. The van der Waals surface area contributed by atoms with Gasteiger partial charge in [0.2, 0.25) is 5.91 Å². The third-order valence-electron chi connectivity index (χ3n) is 6.63. The number of benzene rings is 2. The Morgan fingerprint density at radius 3 is 2.20 bits per heavy atom. The highest BCUT2D eigenvalue weighted by molar-refractivity contribution is 5.78. The summed E-state index contributed by atoms with van der Waals surface area (Å²) in [6, 6.07) is 19.7. The number of ether oxygens (including phenoxy) is 1. The maximum atomic E-state index is 12.7. The minimum Gasteiger partial charge on any atom is -0.484 e. The molecule has 5 nitrogen and oxygen atoms in total. The zero-order chi connectivity index (χ0) is 20.8. The Morgan fingerprint density at radius 2 is 1.50 bits per heavy atom. The number of piperidine rings is 1. The number of para-hydroxylation sites is 1. The van der Waals surface area contributed by atoms with Crippen molar-refractivity contribution < 1.29 is 14.3 Å². The van der Waals surface area contributed by atoms with Crippen LogP contribution in [0.25, 0.3) is 0 Å². The molecule has 2 heterocycles. The Hall–Kier alpha value is -2.82. The summed E-state index contributed by atoms with van der Waals surface area (Å²) in [5.41, 5.74) is 1.36. The fraction of sp³-hybridized carbons (Fsp3) is 0.440. The van der Waals surface area contributed by atoms with Gasteiger partial charge in [0.25, 0.3) is 5.91 Å². The summed E-state index contributed by atoms with van der Waals surface area (Å²) < 4.78 is 5.62. The van der Waals surface area contributed by atoms with Crippen LogP contribution >= 0.6 is 0 Å². The Bertz CT molecular complexity index is 845. The van der Waals surface area contributed by atoms with E-state index in [1.165, 1.54) is 5.56 Å². The van der Waals surface area contributed by atoms with Crippen molar-refractivity contribution in [1.29, 1.82) is 0 Å². The monoisotopic (exact) mass is 406 g/mol. The van der Waals surface area contributed by atoms with E-state index in [-0.39, 0.29) is 23.8 Å². The molecule has 1 spiro atoms. The zero-order valence-electron chi connectivity index (χ0n) is 17.5. The maximum Gasteiger partial charge on any atom is 0.260 e. The summed E-state index contributed by atoms with van der Waals surface area (Å²) in [5, 5.41) is 0. The lowest BCUT2D eigenvalue weighted by atomic mass is 9.73. The van der Waals surface area contributed by atoms with Crippen molar-refractivity contribution in [3.8, 4) is 5.75 Å². The van der Waals surface area contributed by atoms with E-state index < -0.39 is 0 Å². The van der Waals surface area contributed by atoms with Crippen LogP contribution in [0, 0.1) is 5.41 Å². The van der Waals surface area contributed by atoms with Gasteiger partial charge in [-0.25, -0.2) is 0 Å². The van der Waals surface area contributed by atoms with Gasteiger partial charge in [-0.1, -0.05) is 48.5 Å². The highest BCUT2D eigenvalue weighted by atomic mass is 16.5. The molecule has 2 fully saturated rings. The van der Waals surface area contributed by atoms with E-state index >= 15 is 0 Å². The molecule has 4 rings (SSSR count). The normalized spacial score (nSPS) is 18.9. The number of hydrogen-bond acceptors (Lipinski definition) is 3. The molecule has 0 atom stereocenters. The second kappa shape index (κ2) is 9.33. The number of likely N-dealkylation sites (tertiary alicyclic amines) is 2. The zero-order valence-corrected chi connectivity index (χ0v) is 17.5. The molecule has 0 N–H and O–H groups in total. The largest absolute Gasteiger partial charge is 0.484 e. The summed E-state index contributed by atoms with van der Waals surface area (Å²) in [6.07, 6.45) is 4.50. The van der Waals surface area contributed by atoms with Crippen molar-refractivity contribution in [1.82, 2.24) is 9.80 Å². The summed E-state index contributed by atoms with van der Waals surface area (Å²) in [6.45, 7) is 3.09. The third kappa shape index (κ3) is 5.02. The fourth-order valence-corrected chi connectivity index (χ4v) is 4.61. The number of carbonyl (C=O) groups is 2. The van der Waals surface area contributed by atoms with Gasteiger partial charge in [0.15, 0.2) is 6.61 Å². The first-order valence-electron chi connectivity index (χ1n) is 10.9. The van der Waals surface area contributed by atoms with Crippen LogP contribution in [0.4, 0.5) is 0 Å². The van der Waals surface area contributed by atoms with E-state index in [0.717, 1.165) is 51.1 Å². The number of carbonyl (C=O) groups excluding carboxylic acids is 2. The van der Waals surface area contributed by atoms with E-state index in [0.29, 0.717) is 13.0 Å². The van der Waals surface area contributed by atoms with Crippen molar-refractivity contribution in [2.24, 2.45) is 5.41 Å². The highest BCUT2D eigenvalue weighted by Crippen LogP contribution is 2.41. The molecule has 0 saturated carbocycles. The van der Waals surface area contributed by atoms with Crippen LogP contribution in [0.1, 0.15) is 37.7 Å². The van der Waals surface area contributed by atoms with Gasteiger partial charge in [0, 0.05) is 32.6 Å². The molecular weight excluding hydrogens is 376 g/mol. The third-order valence-corrected chi connectivity index (χ3v) is 6.63. The van der Waals surface area contributed by atoms with Gasteiger partial charge in [-0.05, 0) is 48.8 Å². The Balaban J connectivity index is 1.28. The molecule has 2 aliphatic heterocycles. The van der Waals surface area contributed by atoms with E-state index in [9.17, 15) is 9.59 Å². The smallest absolute Gasteiger partial charge is 0.260 e. The predicted octanol–water partition coefficient (Wildman–Crippen LogP) is 3.89. The average molecular weight is 407 g/mol. The molecule has 0 bridgehead atoms. The molecule has 2 aliphatic rings. The SMILES string of the molecule is O=C(COc1ccccc1)N1CCC2(CCC(=O)N(Cc3ccccc3)CC2)CC1. The lowest BCUT2D eigenvalue weighted by Crippen LogP contribution is -2.45.